The van der Waals surface area contributed by atoms with Crippen LogP contribution >= 0.6 is 11.6 Å². The smallest absolute Gasteiger partial charge is 0.0718 e. The SMILES string of the molecule is CCNC(CCN(C)CC(C)(C)O)c1cccc(Cl)c1. The van der Waals surface area contributed by atoms with Crippen molar-refractivity contribution in [2.45, 2.75) is 38.8 Å². The highest BCUT2D eigenvalue weighted by Crippen LogP contribution is 2.21. The Morgan fingerprint density at radius 1 is 1.40 bits per heavy atom. The maximum absolute atomic E-state index is 9.84. The predicted octanol–water partition coefficient (Wildman–Crippen LogP) is 3.08. The van der Waals surface area contributed by atoms with Gasteiger partial charge in [-0.3, -0.25) is 0 Å². The molecule has 0 aliphatic heterocycles. The van der Waals surface area contributed by atoms with Gasteiger partial charge in [-0.15, -0.1) is 0 Å². The van der Waals surface area contributed by atoms with E-state index in [1.54, 1.807) is 0 Å². The molecule has 3 nitrogen and oxygen atoms in total. The van der Waals surface area contributed by atoms with Crippen molar-refractivity contribution in [2.24, 2.45) is 0 Å². The molecule has 0 aromatic heterocycles. The molecule has 1 aromatic carbocycles. The lowest BCUT2D eigenvalue weighted by atomic mass is 10.0. The third kappa shape index (κ3) is 6.71. The third-order valence-corrected chi connectivity index (χ3v) is 3.39. The lowest BCUT2D eigenvalue weighted by Gasteiger charge is -2.27. The summed E-state index contributed by atoms with van der Waals surface area (Å²) in [6.07, 6.45) is 0.987. The van der Waals surface area contributed by atoms with Crippen molar-refractivity contribution in [2.75, 3.05) is 26.7 Å². The number of nitrogens with one attached hydrogen (secondary N) is 1. The molecule has 0 saturated carbocycles. The summed E-state index contributed by atoms with van der Waals surface area (Å²) in [6.45, 7) is 8.30. The maximum atomic E-state index is 9.84. The minimum atomic E-state index is -0.654. The lowest BCUT2D eigenvalue weighted by molar-refractivity contribution is 0.0436. The number of hydrogen-bond donors (Lipinski definition) is 2. The first kappa shape index (κ1) is 17.4. The molecular formula is C16H27ClN2O. The molecule has 2 N–H and O–H groups in total. The normalized spacial score (nSPS) is 13.8. The quantitative estimate of drug-likeness (QED) is 0.774. The minimum absolute atomic E-state index is 0.294. The fraction of sp³-hybridized carbons (Fsp3) is 0.625. The van der Waals surface area contributed by atoms with E-state index in [4.69, 9.17) is 11.6 Å². The van der Waals surface area contributed by atoms with Crippen molar-refractivity contribution in [3.8, 4) is 0 Å². The molecule has 0 saturated heterocycles. The van der Waals surface area contributed by atoms with E-state index in [-0.39, 0.29) is 0 Å². The Hall–Kier alpha value is -0.610. The fourth-order valence-electron chi connectivity index (χ4n) is 2.45. The summed E-state index contributed by atoms with van der Waals surface area (Å²) in [5.41, 5.74) is 0.564. The third-order valence-electron chi connectivity index (χ3n) is 3.16. The van der Waals surface area contributed by atoms with Crippen molar-refractivity contribution in [1.29, 1.82) is 0 Å². The Morgan fingerprint density at radius 2 is 2.10 bits per heavy atom. The van der Waals surface area contributed by atoms with Crippen LogP contribution in [0.15, 0.2) is 24.3 Å². The van der Waals surface area contributed by atoms with Gasteiger partial charge in [0.1, 0.15) is 0 Å². The van der Waals surface area contributed by atoms with Crippen LogP contribution in [0.4, 0.5) is 0 Å². The molecule has 0 aliphatic rings. The number of halogens is 1. The second kappa shape index (κ2) is 7.99. The zero-order chi connectivity index (χ0) is 15.2. The van der Waals surface area contributed by atoms with Crippen LogP contribution in [-0.4, -0.2) is 42.3 Å². The zero-order valence-electron chi connectivity index (χ0n) is 13.0. The van der Waals surface area contributed by atoms with E-state index < -0.39 is 5.60 Å². The summed E-state index contributed by atoms with van der Waals surface area (Å²) >= 11 is 6.07. The number of rotatable bonds is 8. The van der Waals surface area contributed by atoms with Gasteiger partial charge < -0.3 is 15.3 Å². The first-order valence-electron chi connectivity index (χ1n) is 7.21. The van der Waals surface area contributed by atoms with E-state index in [2.05, 4.69) is 23.2 Å². The summed E-state index contributed by atoms with van der Waals surface area (Å²) in [7, 11) is 2.04. The van der Waals surface area contributed by atoms with Crippen LogP contribution in [-0.2, 0) is 0 Å². The van der Waals surface area contributed by atoms with E-state index in [9.17, 15) is 5.11 Å². The van der Waals surface area contributed by atoms with E-state index in [1.807, 2.05) is 39.1 Å². The second-order valence-electron chi connectivity index (χ2n) is 6.00. The van der Waals surface area contributed by atoms with Crippen LogP contribution in [0.2, 0.25) is 5.02 Å². The molecule has 0 radical (unpaired) electrons. The molecule has 0 bridgehead atoms. The second-order valence-corrected chi connectivity index (χ2v) is 6.44. The topological polar surface area (TPSA) is 35.5 Å². The molecule has 1 rings (SSSR count). The summed E-state index contributed by atoms with van der Waals surface area (Å²) in [5.74, 6) is 0. The van der Waals surface area contributed by atoms with Gasteiger partial charge in [-0.05, 0) is 58.1 Å². The summed E-state index contributed by atoms with van der Waals surface area (Å²) in [4.78, 5) is 2.16. The highest BCUT2D eigenvalue weighted by molar-refractivity contribution is 6.30. The summed E-state index contributed by atoms with van der Waals surface area (Å²) < 4.78 is 0. The van der Waals surface area contributed by atoms with Gasteiger partial charge in [-0.25, -0.2) is 0 Å². The lowest BCUT2D eigenvalue weighted by Crippen LogP contribution is -2.37. The van der Waals surface area contributed by atoms with Gasteiger partial charge in [0.2, 0.25) is 0 Å². The van der Waals surface area contributed by atoms with Crippen molar-refractivity contribution in [3.05, 3.63) is 34.9 Å². The Morgan fingerprint density at radius 3 is 2.65 bits per heavy atom. The first-order chi connectivity index (χ1) is 9.31. The maximum Gasteiger partial charge on any atom is 0.0718 e. The minimum Gasteiger partial charge on any atom is -0.389 e. The average molecular weight is 299 g/mol. The molecule has 0 spiro atoms. The summed E-state index contributed by atoms with van der Waals surface area (Å²) in [6, 6.07) is 8.31. The Kier molecular flexibility index (Phi) is 6.96. The molecule has 0 heterocycles. The standard InChI is InChI=1S/C16H27ClN2O/c1-5-18-15(13-7-6-8-14(17)11-13)9-10-19(4)12-16(2,3)20/h6-8,11,15,18,20H,5,9-10,12H2,1-4H3. The molecule has 1 atom stereocenters. The molecule has 4 heteroatoms. The number of likely N-dealkylation sites (N-methyl/N-ethyl adjacent to an activating group) is 1. The zero-order valence-corrected chi connectivity index (χ0v) is 13.7. The van der Waals surface area contributed by atoms with Crippen LogP contribution in [0.5, 0.6) is 0 Å². The van der Waals surface area contributed by atoms with Crippen molar-refractivity contribution in [3.63, 3.8) is 0 Å². The van der Waals surface area contributed by atoms with E-state index in [1.165, 1.54) is 5.56 Å². The van der Waals surface area contributed by atoms with Crippen molar-refractivity contribution < 1.29 is 5.11 Å². The number of aliphatic hydroxyl groups is 1. The molecule has 20 heavy (non-hydrogen) atoms. The van der Waals surface area contributed by atoms with Crippen LogP contribution < -0.4 is 5.32 Å². The van der Waals surface area contributed by atoms with Gasteiger partial charge in [0, 0.05) is 17.6 Å². The van der Waals surface area contributed by atoms with Gasteiger partial charge >= 0.3 is 0 Å². The molecule has 114 valence electrons. The first-order valence-corrected chi connectivity index (χ1v) is 7.59. The molecule has 1 aromatic rings. The van der Waals surface area contributed by atoms with Gasteiger partial charge in [-0.2, -0.15) is 0 Å². The summed E-state index contributed by atoms with van der Waals surface area (Å²) in [5, 5.41) is 14.1. The Bertz CT molecular complexity index is 404. The number of nitrogens with zero attached hydrogens (tertiary/aromatic N) is 1. The average Bonchev–Trinajstić information content (AvgIpc) is 2.32. The van der Waals surface area contributed by atoms with Crippen LogP contribution in [0.3, 0.4) is 0 Å². The van der Waals surface area contributed by atoms with Gasteiger partial charge in [-0.1, -0.05) is 30.7 Å². The van der Waals surface area contributed by atoms with Crippen molar-refractivity contribution >= 4 is 11.6 Å². The predicted molar refractivity (Wildman–Crippen MR) is 86.3 cm³/mol. The highest BCUT2D eigenvalue weighted by atomic mass is 35.5. The van der Waals surface area contributed by atoms with E-state index in [0.29, 0.717) is 12.6 Å². The molecular weight excluding hydrogens is 272 g/mol. The molecule has 1 unspecified atom stereocenters. The van der Waals surface area contributed by atoms with Gasteiger partial charge in [0.25, 0.3) is 0 Å². The fourth-order valence-corrected chi connectivity index (χ4v) is 2.64. The monoisotopic (exact) mass is 298 g/mol. The van der Waals surface area contributed by atoms with Crippen molar-refractivity contribution in [1.82, 2.24) is 10.2 Å². The largest absolute Gasteiger partial charge is 0.389 e. The Balaban J connectivity index is 2.60. The molecule has 0 fully saturated rings. The number of hydrogen-bond acceptors (Lipinski definition) is 3. The van der Waals surface area contributed by atoms with Gasteiger partial charge in [0.05, 0.1) is 5.60 Å². The van der Waals surface area contributed by atoms with E-state index in [0.717, 1.165) is 24.5 Å². The van der Waals surface area contributed by atoms with Crippen LogP contribution in [0, 0.1) is 0 Å². The highest BCUT2D eigenvalue weighted by Gasteiger charge is 2.17. The molecule has 0 aliphatic carbocycles. The van der Waals surface area contributed by atoms with Crippen LogP contribution in [0.25, 0.3) is 0 Å². The van der Waals surface area contributed by atoms with Crippen LogP contribution in [0.1, 0.15) is 38.8 Å². The number of benzene rings is 1. The Labute approximate surface area is 127 Å². The molecule has 0 amide bonds. The van der Waals surface area contributed by atoms with E-state index >= 15 is 0 Å². The van der Waals surface area contributed by atoms with Gasteiger partial charge in [0.15, 0.2) is 0 Å².